The zero-order valence-electron chi connectivity index (χ0n) is 10.0. The molecule has 0 atom stereocenters. The lowest BCUT2D eigenvalue weighted by atomic mass is 10.2. The fraction of sp³-hybridized carbons (Fsp3) is 0.0769. The first-order valence-corrected chi connectivity index (χ1v) is 8.32. The highest BCUT2D eigenvalue weighted by Crippen LogP contribution is 2.29. The summed E-state index contributed by atoms with van der Waals surface area (Å²) in [5.41, 5.74) is 0.597. The van der Waals surface area contributed by atoms with Gasteiger partial charge in [-0.1, -0.05) is 33.8 Å². The fourth-order valence-electron chi connectivity index (χ4n) is 1.56. The first kappa shape index (κ1) is 13.8. The maximum Gasteiger partial charge on any atom is 0.277 e. The largest absolute Gasteiger partial charge is 0.410 e. The van der Waals surface area contributed by atoms with Crippen LogP contribution in [0.5, 0.6) is 0 Å². The minimum absolute atomic E-state index is 0.237. The van der Waals surface area contributed by atoms with Crippen LogP contribution < -0.4 is 0 Å². The maximum atomic E-state index is 13.6. The van der Waals surface area contributed by atoms with E-state index in [-0.39, 0.29) is 5.82 Å². The molecule has 0 spiro atoms. The number of thioether (sulfide) groups is 1. The number of hydrogen-bond donors (Lipinski definition) is 0. The van der Waals surface area contributed by atoms with Gasteiger partial charge in [-0.2, -0.15) is 0 Å². The number of benzene rings is 1. The molecule has 0 saturated carbocycles. The second-order valence-corrected chi connectivity index (χ2v) is 6.66. The lowest BCUT2D eigenvalue weighted by molar-refractivity contribution is 0.466. The van der Waals surface area contributed by atoms with E-state index in [4.69, 9.17) is 4.42 Å². The smallest absolute Gasteiger partial charge is 0.277 e. The lowest BCUT2D eigenvalue weighted by Gasteiger charge is -2.01. The van der Waals surface area contributed by atoms with Crippen molar-refractivity contribution in [1.29, 1.82) is 0 Å². The number of aromatic nitrogens is 2. The van der Waals surface area contributed by atoms with E-state index in [9.17, 15) is 4.39 Å². The molecule has 0 fully saturated rings. The van der Waals surface area contributed by atoms with Crippen molar-refractivity contribution in [2.24, 2.45) is 0 Å². The first-order chi connectivity index (χ1) is 9.72. The van der Waals surface area contributed by atoms with Crippen molar-refractivity contribution in [1.82, 2.24) is 10.2 Å². The summed E-state index contributed by atoms with van der Waals surface area (Å²) in [4.78, 5) is 0.929. The SMILES string of the molecule is Fc1ccc(Br)cc1CSc1nnc(-c2cccs2)o1. The molecule has 102 valence electrons. The van der Waals surface area contributed by atoms with E-state index in [0.717, 1.165) is 9.35 Å². The molecule has 3 nitrogen and oxygen atoms in total. The molecule has 3 rings (SSSR count). The van der Waals surface area contributed by atoms with Gasteiger partial charge in [0.15, 0.2) is 0 Å². The molecule has 0 saturated heterocycles. The number of halogens is 2. The van der Waals surface area contributed by atoms with Crippen LogP contribution in [0.4, 0.5) is 4.39 Å². The third-order valence-electron chi connectivity index (χ3n) is 2.50. The standard InChI is InChI=1S/C13H8BrFN2OS2/c14-9-3-4-10(15)8(6-9)7-20-13-17-16-12(18-13)11-2-1-5-19-11/h1-6H,7H2. The zero-order valence-corrected chi connectivity index (χ0v) is 13.3. The summed E-state index contributed by atoms with van der Waals surface area (Å²) >= 11 is 6.18. The normalized spacial score (nSPS) is 10.9. The Morgan fingerprint density at radius 3 is 3.00 bits per heavy atom. The minimum atomic E-state index is -0.237. The Bertz CT molecular complexity index is 715. The molecular formula is C13H8BrFN2OS2. The molecule has 0 amide bonds. The minimum Gasteiger partial charge on any atom is -0.410 e. The quantitative estimate of drug-likeness (QED) is 0.606. The molecule has 0 aliphatic carbocycles. The molecule has 2 heterocycles. The first-order valence-electron chi connectivity index (χ1n) is 5.66. The summed E-state index contributed by atoms with van der Waals surface area (Å²) in [6.45, 7) is 0. The average Bonchev–Trinajstić information content (AvgIpc) is 3.09. The van der Waals surface area contributed by atoms with E-state index in [1.54, 1.807) is 12.1 Å². The molecule has 0 N–H and O–H groups in total. The Morgan fingerprint density at radius 1 is 1.30 bits per heavy atom. The monoisotopic (exact) mass is 370 g/mol. The predicted octanol–water partition coefficient (Wildman–Crippen LogP) is 4.99. The zero-order chi connectivity index (χ0) is 13.9. The molecule has 7 heteroatoms. The number of thiophene rings is 1. The Labute approximate surface area is 131 Å². The van der Waals surface area contributed by atoms with E-state index < -0.39 is 0 Å². The van der Waals surface area contributed by atoms with Gasteiger partial charge in [-0.15, -0.1) is 21.5 Å². The van der Waals surface area contributed by atoms with Crippen LogP contribution in [0.15, 0.2) is 49.8 Å². The van der Waals surface area contributed by atoms with Crippen LogP contribution in [0.1, 0.15) is 5.56 Å². The van der Waals surface area contributed by atoms with Gasteiger partial charge in [-0.3, -0.25) is 0 Å². The molecular weight excluding hydrogens is 363 g/mol. The van der Waals surface area contributed by atoms with Gasteiger partial charge in [0.2, 0.25) is 0 Å². The summed E-state index contributed by atoms with van der Waals surface area (Å²) in [6.07, 6.45) is 0. The number of hydrogen-bond acceptors (Lipinski definition) is 5. The molecule has 1 aromatic carbocycles. The molecule has 0 unspecified atom stereocenters. The van der Waals surface area contributed by atoms with Crippen molar-refractivity contribution in [3.63, 3.8) is 0 Å². The summed E-state index contributed by atoms with van der Waals surface area (Å²) < 4.78 is 20.0. The molecule has 3 aromatic rings. The van der Waals surface area contributed by atoms with E-state index in [2.05, 4.69) is 26.1 Å². The maximum absolute atomic E-state index is 13.6. The van der Waals surface area contributed by atoms with Crippen LogP contribution in [0.25, 0.3) is 10.8 Å². The van der Waals surface area contributed by atoms with E-state index in [0.29, 0.717) is 22.4 Å². The summed E-state index contributed by atoms with van der Waals surface area (Å²) in [5.74, 6) is 0.702. The number of rotatable bonds is 4. The van der Waals surface area contributed by atoms with E-state index >= 15 is 0 Å². The third-order valence-corrected chi connectivity index (χ3v) is 4.72. The molecule has 2 aromatic heterocycles. The van der Waals surface area contributed by atoms with Gasteiger partial charge in [0.05, 0.1) is 4.88 Å². The average molecular weight is 371 g/mol. The third kappa shape index (κ3) is 3.11. The Hall–Kier alpha value is -1.18. The van der Waals surface area contributed by atoms with Crippen molar-refractivity contribution in [2.75, 3.05) is 0 Å². The van der Waals surface area contributed by atoms with Crippen LogP contribution in [-0.4, -0.2) is 10.2 Å². The highest BCUT2D eigenvalue weighted by atomic mass is 79.9. The highest BCUT2D eigenvalue weighted by Gasteiger charge is 2.11. The van der Waals surface area contributed by atoms with Crippen molar-refractivity contribution < 1.29 is 8.81 Å². The van der Waals surface area contributed by atoms with E-state index in [1.807, 2.05) is 17.5 Å². The van der Waals surface area contributed by atoms with Gasteiger partial charge in [0, 0.05) is 10.2 Å². The van der Waals surface area contributed by atoms with Crippen LogP contribution >= 0.6 is 39.0 Å². The topological polar surface area (TPSA) is 38.9 Å². The van der Waals surface area contributed by atoms with Gasteiger partial charge in [0.25, 0.3) is 11.1 Å². The predicted molar refractivity (Wildman–Crippen MR) is 81.3 cm³/mol. The Morgan fingerprint density at radius 2 is 2.20 bits per heavy atom. The van der Waals surface area contributed by atoms with Crippen molar-refractivity contribution in [3.8, 4) is 10.8 Å². The van der Waals surface area contributed by atoms with Gasteiger partial charge >= 0.3 is 0 Å². The van der Waals surface area contributed by atoms with Crippen molar-refractivity contribution in [3.05, 3.63) is 51.6 Å². The Kier molecular flexibility index (Phi) is 4.18. The highest BCUT2D eigenvalue weighted by molar-refractivity contribution is 9.10. The van der Waals surface area contributed by atoms with Crippen LogP contribution in [-0.2, 0) is 5.75 Å². The van der Waals surface area contributed by atoms with Crippen LogP contribution in [0.2, 0.25) is 0 Å². The molecule has 0 aliphatic rings. The number of nitrogens with zero attached hydrogens (tertiary/aromatic N) is 2. The fourth-order valence-corrected chi connectivity index (χ4v) is 3.35. The van der Waals surface area contributed by atoms with Crippen LogP contribution in [0.3, 0.4) is 0 Å². The van der Waals surface area contributed by atoms with Crippen LogP contribution in [0, 0.1) is 5.82 Å². The molecule has 0 bridgehead atoms. The van der Waals surface area contributed by atoms with Gasteiger partial charge in [-0.25, -0.2) is 4.39 Å². The summed E-state index contributed by atoms with van der Waals surface area (Å²) in [7, 11) is 0. The molecule has 0 aliphatic heterocycles. The summed E-state index contributed by atoms with van der Waals surface area (Å²) in [6, 6.07) is 8.70. The van der Waals surface area contributed by atoms with Crippen molar-refractivity contribution >= 4 is 39.0 Å². The second-order valence-electron chi connectivity index (χ2n) is 3.87. The van der Waals surface area contributed by atoms with Crippen molar-refractivity contribution in [2.45, 2.75) is 11.0 Å². The lowest BCUT2D eigenvalue weighted by Crippen LogP contribution is -1.87. The second kappa shape index (κ2) is 6.07. The van der Waals surface area contributed by atoms with E-state index in [1.165, 1.54) is 29.2 Å². The van der Waals surface area contributed by atoms with Gasteiger partial charge < -0.3 is 4.42 Å². The van der Waals surface area contributed by atoms with Gasteiger partial charge in [-0.05, 0) is 35.2 Å². The molecule has 0 radical (unpaired) electrons. The van der Waals surface area contributed by atoms with Gasteiger partial charge in [0.1, 0.15) is 5.82 Å². The molecule has 20 heavy (non-hydrogen) atoms. The summed E-state index contributed by atoms with van der Waals surface area (Å²) in [5, 5.41) is 10.3. The Balaban J connectivity index is 1.71.